The van der Waals surface area contributed by atoms with Crippen LogP contribution in [0.1, 0.15) is 6.92 Å². The molecular formula is C7H11NO2. The molecule has 0 aliphatic carbocycles. The number of aldehydes is 1. The number of carbonyl (C=O) groups excluding carboxylic acids is 1. The zero-order valence-electron chi connectivity index (χ0n) is 6.13. The Bertz CT molecular complexity index is 150. The van der Waals surface area contributed by atoms with E-state index in [9.17, 15) is 4.79 Å². The summed E-state index contributed by atoms with van der Waals surface area (Å²) in [4.78, 5) is 14.4. The number of nitrogens with one attached hydrogen (secondary N) is 1. The van der Waals surface area contributed by atoms with Gasteiger partial charge in [-0.15, -0.1) is 0 Å². The van der Waals surface area contributed by atoms with Crippen molar-refractivity contribution in [1.82, 2.24) is 5.48 Å². The summed E-state index contributed by atoms with van der Waals surface area (Å²) >= 11 is 0. The predicted molar refractivity (Wildman–Crippen MR) is 39.1 cm³/mol. The minimum Gasteiger partial charge on any atom is -0.299 e. The lowest BCUT2D eigenvalue weighted by Gasteiger charge is -1.93. The Kier molecular flexibility index (Phi) is 5.38. The third-order valence-corrected chi connectivity index (χ3v) is 0.842. The largest absolute Gasteiger partial charge is 0.299 e. The van der Waals surface area contributed by atoms with Crippen molar-refractivity contribution < 1.29 is 9.63 Å². The molecule has 0 spiro atoms. The molecule has 0 aromatic rings. The van der Waals surface area contributed by atoms with Crippen molar-refractivity contribution in [2.24, 2.45) is 0 Å². The fourth-order valence-electron chi connectivity index (χ4n) is 0.391. The maximum atomic E-state index is 9.82. The second-order valence-electron chi connectivity index (χ2n) is 1.71. The average molecular weight is 141 g/mol. The van der Waals surface area contributed by atoms with Gasteiger partial charge in [0.15, 0.2) is 0 Å². The summed E-state index contributed by atoms with van der Waals surface area (Å²) in [5, 5.41) is 0. The lowest BCUT2D eigenvalue weighted by Crippen LogP contribution is -2.01. The van der Waals surface area contributed by atoms with Crippen LogP contribution in [0.15, 0.2) is 23.9 Å². The van der Waals surface area contributed by atoms with Crippen LogP contribution in [0, 0.1) is 0 Å². The molecule has 1 N–H and O–H groups in total. The maximum Gasteiger partial charge on any atom is 0.142 e. The lowest BCUT2D eigenvalue weighted by atomic mass is 10.3. The first kappa shape index (κ1) is 8.91. The van der Waals surface area contributed by atoms with Crippen LogP contribution < -0.4 is 5.48 Å². The second-order valence-corrected chi connectivity index (χ2v) is 1.71. The molecule has 0 bridgehead atoms. The van der Waals surface area contributed by atoms with E-state index in [0.29, 0.717) is 0 Å². The maximum absolute atomic E-state index is 9.82. The van der Waals surface area contributed by atoms with Crippen LogP contribution in [0.2, 0.25) is 0 Å². The van der Waals surface area contributed by atoms with Gasteiger partial charge in [0, 0.05) is 6.20 Å². The Labute approximate surface area is 60.3 Å². The Morgan fingerprint density at radius 2 is 2.30 bits per heavy atom. The predicted octanol–water partition coefficient (Wildman–Crippen LogP) is 0.796. The molecule has 0 saturated heterocycles. The van der Waals surface area contributed by atoms with E-state index in [1.807, 2.05) is 6.92 Å². The molecule has 0 atom stereocenters. The number of hydroxylamine groups is 1. The Morgan fingerprint density at radius 1 is 1.60 bits per heavy atom. The van der Waals surface area contributed by atoms with Crippen molar-refractivity contribution in [3.63, 3.8) is 0 Å². The van der Waals surface area contributed by atoms with Crippen molar-refractivity contribution >= 4 is 6.29 Å². The van der Waals surface area contributed by atoms with Crippen LogP contribution in [-0.2, 0) is 9.63 Å². The van der Waals surface area contributed by atoms with Gasteiger partial charge in [0.2, 0.25) is 0 Å². The van der Waals surface area contributed by atoms with Gasteiger partial charge in [-0.2, -0.15) is 0 Å². The molecule has 0 fully saturated rings. The summed E-state index contributed by atoms with van der Waals surface area (Å²) in [7, 11) is 1.52. The third-order valence-electron chi connectivity index (χ3n) is 0.842. The van der Waals surface area contributed by atoms with Gasteiger partial charge in [-0.1, -0.05) is 6.08 Å². The monoisotopic (exact) mass is 141 g/mol. The highest BCUT2D eigenvalue weighted by atomic mass is 16.6. The number of carbonyl (C=O) groups is 1. The molecule has 0 aromatic carbocycles. The second kappa shape index (κ2) is 6.04. The fourth-order valence-corrected chi connectivity index (χ4v) is 0.391. The van der Waals surface area contributed by atoms with E-state index in [0.717, 1.165) is 11.9 Å². The first-order valence-electron chi connectivity index (χ1n) is 2.88. The van der Waals surface area contributed by atoms with Crippen LogP contribution in [0.3, 0.4) is 0 Å². The van der Waals surface area contributed by atoms with Gasteiger partial charge in [-0.05, 0) is 18.6 Å². The Hall–Kier alpha value is -1.09. The van der Waals surface area contributed by atoms with Crippen molar-refractivity contribution in [3.8, 4) is 0 Å². The van der Waals surface area contributed by atoms with Gasteiger partial charge in [0.05, 0.1) is 7.11 Å². The van der Waals surface area contributed by atoms with Crippen molar-refractivity contribution in [2.45, 2.75) is 6.92 Å². The van der Waals surface area contributed by atoms with Crippen LogP contribution >= 0.6 is 0 Å². The number of hydrogen-bond donors (Lipinski definition) is 1. The van der Waals surface area contributed by atoms with Crippen LogP contribution in [0.25, 0.3) is 0 Å². The Morgan fingerprint density at radius 3 is 2.80 bits per heavy atom. The van der Waals surface area contributed by atoms with E-state index in [2.05, 4.69) is 10.3 Å². The lowest BCUT2D eigenvalue weighted by molar-refractivity contribution is -0.104. The molecule has 0 radical (unpaired) electrons. The van der Waals surface area contributed by atoms with E-state index < -0.39 is 0 Å². The zero-order valence-corrected chi connectivity index (χ0v) is 6.13. The summed E-state index contributed by atoms with van der Waals surface area (Å²) in [6.07, 6.45) is 5.48. The van der Waals surface area contributed by atoms with Gasteiger partial charge in [-0.25, -0.2) is 0 Å². The summed E-state index contributed by atoms with van der Waals surface area (Å²) in [5.74, 6) is 0. The van der Waals surface area contributed by atoms with Gasteiger partial charge < -0.3 is 0 Å². The topological polar surface area (TPSA) is 38.3 Å². The molecule has 0 aliphatic rings. The SMILES string of the molecule is CONC=C(C)C=CC=O. The molecule has 10 heavy (non-hydrogen) atoms. The van der Waals surface area contributed by atoms with Gasteiger partial charge in [-0.3, -0.25) is 15.1 Å². The quantitative estimate of drug-likeness (QED) is 0.272. The number of rotatable bonds is 4. The Balaban J connectivity index is 3.69. The van der Waals surface area contributed by atoms with Crippen LogP contribution in [0.4, 0.5) is 0 Å². The highest BCUT2D eigenvalue weighted by Crippen LogP contribution is 1.90. The van der Waals surface area contributed by atoms with Crippen molar-refractivity contribution in [2.75, 3.05) is 7.11 Å². The van der Waals surface area contributed by atoms with Gasteiger partial charge in [0.25, 0.3) is 0 Å². The van der Waals surface area contributed by atoms with E-state index in [4.69, 9.17) is 0 Å². The smallest absolute Gasteiger partial charge is 0.142 e. The highest BCUT2D eigenvalue weighted by molar-refractivity contribution is 5.65. The van der Waals surface area contributed by atoms with Crippen LogP contribution in [0.5, 0.6) is 0 Å². The zero-order chi connectivity index (χ0) is 7.82. The van der Waals surface area contributed by atoms with E-state index in [1.54, 1.807) is 12.3 Å². The standard InChI is InChI=1S/C7H11NO2/c1-7(4-3-5-9)6-8-10-2/h3-6,8H,1-2H3. The van der Waals surface area contributed by atoms with E-state index in [1.165, 1.54) is 13.2 Å². The molecular weight excluding hydrogens is 130 g/mol. The number of hydrogen-bond acceptors (Lipinski definition) is 3. The summed E-state index contributed by atoms with van der Waals surface area (Å²) < 4.78 is 0. The van der Waals surface area contributed by atoms with Crippen molar-refractivity contribution in [1.29, 1.82) is 0 Å². The molecule has 0 saturated carbocycles. The fraction of sp³-hybridized carbons (Fsp3) is 0.286. The molecule has 0 amide bonds. The minimum atomic E-state index is 0.726. The summed E-state index contributed by atoms with van der Waals surface area (Å²) in [6.45, 7) is 1.85. The first-order chi connectivity index (χ1) is 4.81. The van der Waals surface area contributed by atoms with Gasteiger partial charge in [0.1, 0.15) is 6.29 Å². The first-order valence-corrected chi connectivity index (χ1v) is 2.88. The van der Waals surface area contributed by atoms with E-state index in [-0.39, 0.29) is 0 Å². The molecule has 0 unspecified atom stereocenters. The highest BCUT2D eigenvalue weighted by Gasteiger charge is 1.77. The summed E-state index contributed by atoms with van der Waals surface area (Å²) in [5.41, 5.74) is 3.45. The molecule has 0 rings (SSSR count). The molecule has 3 nitrogen and oxygen atoms in total. The molecule has 3 heteroatoms. The van der Waals surface area contributed by atoms with Crippen LogP contribution in [-0.4, -0.2) is 13.4 Å². The molecule has 0 heterocycles. The molecule has 0 aromatic heterocycles. The molecule has 0 aliphatic heterocycles. The normalized spacial score (nSPS) is 12.0. The van der Waals surface area contributed by atoms with Crippen molar-refractivity contribution in [3.05, 3.63) is 23.9 Å². The average Bonchev–Trinajstić information content (AvgIpc) is 1.97. The minimum absolute atomic E-state index is 0.726. The number of allylic oxidation sites excluding steroid dienone is 3. The third kappa shape index (κ3) is 5.05. The van der Waals surface area contributed by atoms with E-state index >= 15 is 0 Å². The molecule has 56 valence electrons. The van der Waals surface area contributed by atoms with Gasteiger partial charge >= 0.3 is 0 Å². The summed E-state index contributed by atoms with van der Waals surface area (Å²) in [6, 6.07) is 0.